The SMILES string of the molecule is Nc1nc(OC(c2cccnc2)C(F)(F)F)cc(-c2ccc(C[C@H](N)C(=O)O)cc2)n1. The van der Waals surface area contributed by atoms with Crippen LogP contribution in [0.4, 0.5) is 19.1 Å². The Kier molecular flexibility index (Phi) is 6.35. The molecule has 2 atom stereocenters. The second-order valence-corrected chi connectivity index (χ2v) is 6.62. The monoisotopic (exact) mass is 433 g/mol. The Balaban J connectivity index is 1.87. The minimum absolute atomic E-state index is 0.119. The molecule has 0 radical (unpaired) electrons. The van der Waals surface area contributed by atoms with Crippen molar-refractivity contribution in [3.8, 4) is 17.1 Å². The Hall–Kier alpha value is -3.73. The number of rotatable bonds is 7. The number of aromatic nitrogens is 3. The van der Waals surface area contributed by atoms with E-state index in [4.69, 9.17) is 21.3 Å². The van der Waals surface area contributed by atoms with Crippen LogP contribution in [0.25, 0.3) is 11.3 Å². The van der Waals surface area contributed by atoms with Crippen molar-refractivity contribution < 1.29 is 27.8 Å². The number of nitrogens with two attached hydrogens (primary N) is 2. The van der Waals surface area contributed by atoms with E-state index in [2.05, 4.69) is 15.0 Å². The molecule has 0 aliphatic rings. The number of carbonyl (C=O) groups is 1. The molecular formula is C20H18F3N5O3. The Morgan fingerprint density at radius 1 is 1.16 bits per heavy atom. The van der Waals surface area contributed by atoms with E-state index in [0.29, 0.717) is 11.1 Å². The van der Waals surface area contributed by atoms with E-state index in [-0.39, 0.29) is 29.5 Å². The van der Waals surface area contributed by atoms with Gasteiger partial charge < -0.3 is 21.3 Å². The molecule has 1 aromatic carbocycles. The first kappa shape index (κ1) is 22.0. The lowest BCUT2D eigenvalue weighted by molar-refractivity contribution is -0.198. The number of ether oxygens (including phenoxy) is 1. The van der Waals surface area contributed by atoms with Crippen LogP contribution in [0.2, 0.25) is 0 Å². The number of pyridine rings is 1. The number of anilines is 1. The highest BCUT2D eigenvalue weighted by atomic mass is 19.4. The first-order valence-electron chi connectivity index (χ1n) is 8.99. The molecule has 31 heavy (non-hydrogen) atoms. The van der Waals surface area contributed by atoms with Gasteiger partial charge >= 0.3 is 12.1 Å². The van der Waals surface area contributed by atoms with Gasteiger partial charge in [-0.3, -0.25) is 9.78 Å². The van der Waals surface area contributed by atoms with Crippen LogP contribution < -0.4 is 16.2 Å². The van der Waals surface area contributed by atoms with Gasteiger partial charge in [0.2, 0.25) is 17.9 Å². The molecule has 0 saturated carbocycles. The average molecular weight is 433 g/mol. The van der Waals surface area contributed by atoms with Gasteiger partial charge in [0.1, 0.15) is 6.04 Å². The van der Waals surface area contributed by atoms with Crippen LogP contribution in [0.1, 0.15) is 17.2 Å². The summed E-state index contributed by atoms with van der Waals surface area (Å²) < 4.78 is 45.8. The van der Waals surface area contributed by atoms with Gasteiger partial charge in [0.25, 0.3) is 0 Å². The minimum Gasteiger partial charge on any atom is -0.480 e. The Labute approximate surface area is 174 Å². The van der Waals surface area contributed by atoms with E-state index in [9.17, 15) is 18.0 Å². The maximum Gasteiger partial charge on any atom is 0.429 e. The maximum absolute atomic E-state index is 13.5. The molecule has 1 unspecified atom stereocenters. The van der Waals surface area contributed by atoms with Crippen molar-refractivity contribution in [2.45, 2.75) is 24.7 Å². The standard InChI is InChI=1S/C20H18F3N5O3/c21-20(22,23)17(13-2-1-7-26-10-13)31-16-9-15(27-19(25)28-16)12-5-3-11(4-6-12)8-14(24)18(29)30/h1-7,9-10,14,17H,8,24H2,(H,29,30)(H2,25,27,28)/t14-,17?/m0/s1. The highest BCUT2D eigenvalue weighted by Gasteiger charge is 2.43. The predicted octanol–water partition coefficient (Wildman–Crippen LogP) is 2.76. The van der Waals surface area contributed by atoms with Crippen molar-refractivity contribution in [3.05, 3.63) is 66.0 Å². The van der Waals surface area contributed by atoms with Crippen molar-refractivity contribution in [1.29, 1.82) is 0 Å². The van der Waals surface area contributed by atoms with E-state index in [1.54, 1.807) is 24.3 Å². The van der Waals surface area contributed by atoms with Gasteiger partial charge in [-0.25, -0.2) is 4.98 Å². The van der Waals surface area contributed by atoms with Crippen LogP contribution in [0, 0.1) is 0 Å². The van der Waals surface area contributed by atoms with Crippen LogP contribution in [0.5, 0.6) is 5.88 Å². The summed E-state index contributed by atoms with van der Waals surface area (Å²) in [4.78, 5) is 22.4. The molecule has 3 aromatic rings. The quantitative estimate of drug-likeness (QED) is 0.517. The second kappa shape index (κ2) is 8.96. The molecule has 0 saturated heterocycles. The van der Waals surface area contributed by atoms with E-state index in [1.807, 2.05) is 0 Å². The van der Waals surface area contributed by atoms with Crippen LogP contribution in [-0.2, 0) is 11.2 Å². The zero-order valence-electron chi connectivity index (χ0n) is 16.0. The van der Waals surface area contributed by atoms with Crippen molar-refractivity contribution in [3.63, 3.8) is 0 Å². The summed E-state index contributed by atoms with van der Waals surface area (Å²) in [6.07, 6.45) is -4.47. The van der Waals surface area contributed by atoms with Crippen molar-refractivity contribution in [2.24, 2.45) is 5.73 Å². The minimum atomic E-state index is -4.71. The number of nitrogens with zero attached hydrogens (tertiary/aromatic N) is 3. The lowest BCUT2D eigenvalue weighted by Gasteiger charge is -2.21. The Morgan fingerprint density at radius 2 is 1.87 bits per heavy atom. The maximum atomic E-state index is 13.5. The van der Waals surface area contributed by atoms with Crippen LogP contribution in [0.3, 0.4) is 0 Å². The third-order valence-corrected chi connectivity index (χ3v) is 4.27. The smallest absolute Gasteiger partial charge is 0.429 e. The van der Waals surface area contributed by atoms with Gasteiger partial charge in [-0.2, -0.15) is 18.2 Å². The molecule has 0 bridgehead atoms. The number of hydrogen-bond donors (Lipinski definition) is 3. The second-order valence-electron chi connectivity index (χ2n) is 6.62. The third-order valence-electron chi connectivity index (χ3n) is 4.27. The molecule has 2 aromatic heterocycles. The number of halogens is 3. The number of nitrogen functional groups attached to an aromatic ring is 1. The molecule has 8 nitrogen and oxygen atoms in total. The molecular weight excluding hydrogens is 415 g/mol. The summed E-state index contributed by atoms with van der Waals surface area (Å²) in [5, 5.41) is 8.89. The summed E-state index contributed by atoms with van der Waals surface area (Å²) in [6.45, 7) is 0. The molecule has 0 amide bonds. The van der Waals surface area contributed by atoms with Gasteiger partial charge in [-0.05, 0) is 18.1 Å². The zero-order chi connectivity index (χ0) is 22.6. The number of carboxylic acids is 1. The van der Waals surface area contributed by atoms with Crippen molar-refractivity contribution in [2.75, 3.05) is 5.73 Å². The van der Waals surface area contributed by atoms with E-state index < -0.39 is 24.3 Å². The summed E-state index contributed by atoms with van der Waals surface area (Å²) >= 11 is 0. The highest BCUT2D eigenvalue weighted by Crippen LogP contribution is 2.36. The molecule has 2 heterocycles. The lowest BCUT2D eigenvalue weighted by atomic mass is 10.0. The predicted molar refractivity (Wildman–Crippen MR) is 105 cm³/mol. The van der Waals surface area contributed by atoms with E-state index in [0.717, 1.165) is 6.20 Å². The topological polar surface area (TPSA) is 137 Å². The normalized spacial score (nSPS) is 13.4. The van der Waals surface area contributed by atoms with Gasteiger partial charge in [0.15, 0.2) is 0 Å². The van der Waals surface area contributed by atoms with Crippen LogP contribution in [-0.4, -0.2) is 38.2 Å². The fourth-order valence-electron chi connectivity index (χ4n) is 2.78. The number of carboxylic acid groups (broad SMARTS) is 1. The van der Waals surface area contributed by atoms with Gasteiger partial charge in [-0.1, -0.05) is 30.3 Å². The molecule has 0 fully saturated rings. The Morgan fingerprint density at radius 3 is 2.45 bits per heavy atom. The summed E-state index contributed by atoms with van der Waals surface area (Å²) in [5.74, 6) is -1.75. The lowest BCUT2D eigenvalue weighted by Crippen LogP contribution is -2.32. The summed E-state index contributed by atoms with van der Waals surface area (Å²) in [7, 11) is 0. The molecule has 3 rings (SSSR count). The number of benzene rings is 1. The largest absolute Gasteiger partial charge is 0.480 e. The first-order valence-corrected chi connectivity index (χ1v) is 8.99. The van der Waals surface area contributed by atoms with E-state index >= 15 is 0 Å². The van der Waals surface area contributed by atoms with Crippen LogP contribution >= 0.6 is 0 Å². The van der Waals surface area contributed by atoms with E-state index in [1.165, 1.54) is 24.4 Å². The van der Waals surface area contributed by atoms with Gasteiger partial charge in [0, 0.05) is 29.6 Å². The molecule has 0 aliphatic carbocycles. The molecule has 5 N–H and O–H groups in total. The van der Waals surface area contributed by atoms with Crippen molar-refractivity contribution in [1.82, 2.24) is 15.0 Å². The fraction of sp³-hybridized carbons (Fsp3) is 0.200. The fourth-order valence-corrected chi connectivity index (χ4v) is 2.78. The third kappa shape index (κ3) is 5.66. The van der Waals surface area contributed by atoms with Crippen LogP contribution in [0.15, 0.2) is 54.9 Å². The average Bonchev–Trinajstić information content (AvgIpc) is 2.72. The van der Waals surface area contributed by atoms with Gasteiger partial charge in [0.05, 0.1) is 5.69 Å². The first-order chi connectivity index (χ1) is 14.6. The molecule has 162 valence electrons. The highest BCUT2D eigenvalue weighted by molar-refractivity contribution is 5.73. The molecule has 0 spiro atoms. The van der Waals surface area contributed by atoms with Crippen molar-refractivity contribution >= 4 is 11.9 Å². The number of alkyl halides is 3. The molecule has 11 heteroatoms. The Bertz CT molecular complexity index is 1050. The summed E-state index contributed by atoms with van der Waals surface area (Å²) in [6, 6.07) is 9.34. The number of hydrogen-bond acceptors (Lipinski definition) is 7. The zero-order valence-corrected chi connectivity index (χ0v) is 16.0. The van der Waals surface area contributed by atoms with Gasteiger partial charge in [-0.15, -0.1) is 0 Å². The summed E-state index contributed by atoms with van der Waals surface area (Å²) in [5.41, 5.74) is 12.4. The molecule has 0 aliphatic heterocycles. The number of aliphatic carboxylic acids is 1.